The molecule has 3 atom stereocenters. The molecule has 1 aliphatic rings. The van der Waals surface area contributed by atoms with Crippen molar-refractivity contribution in [2.24, 2.45) is 0 Å². The van der Waals surface area contributed by atoms with Gasteiger partial charge in [0, 0.05) is 0 Å². The van der Waals surface area contributed by atoms with Crippen molar-refractivity contribution in [2.75, 3.05) is 6.61 Å². The first-order valence-corrected chi connectivity index (χ1v) is 12.1. The summed E-state index contributed by atoms with van der Waals surface area (Å²) in [6.07, 6.45) is -0.415. The van der Waals surface area contributed by atoms with E-state index in [0.29, 0.717) is 12.4 Å². The molecule has 1 fully saturated rings. The first-order valence-electron chi connectivity index (χ1n) is 5.84. The van der Waals surface area contributed by atoms with Crippen LogP contribution in [0.5, 0.6) is 0 Å². The van der Waals surface area contributed by atoms with Crippen LogP contribution >= 0.6 is 0 Å². The SMILES string of the molecule is C=C1O[C@H](CO[SiH2]C)[C@](O)([SiH2]C)[C@@]1(O)[SiH2]C. The van der Waals surface area contributed by atoms with Crippen LogP contribution in [-0.2, 0) is 9.16 Å². The summed E-state index contributed by atoms with van der Waals surface area (Å²) in [5, 5.41) is 19.0. The predicted octanol–water partition coefficient (Wildman–Crippen LogP) is -2.14. The van der Waals surface area contributed by atoms with Gasteiger partial charge in [-0.05, 0) is 0 Å². The quantitative estimate of drug-likeness (QED) is 0.564. The summed E-state index contributed by atoms with van der Waals surface area (Å²) in [5.41, 5.74) is 0. The third kappa shape index (κ3) is 1.95. The molecule has 0 aromatic rings. The molecule has 16 heavy (non-hydrogen) atoms. The monoisotopic (exact) mass is 278 g/mol. The minimum absolute atomic E-state index is 0.352. The fourth-order valence-corrected chi connectivity index (χ4v) is 7.00. The molecule has 1 heterocycles. The van der Waals surface area contributed by atoms with E-state index in [1.54, 1.807) is 0 Å². The van der Waals surface area contributed by atoms with Gasteiger partial charge in [-0.1, -0.05) is 26.2 Å². The van der Waals surface area contributed by atoms with Gasteiger partial charge in [-0.25, -0.2) is 0 Å². The van der Waals surface area contributed by atoms with Gasteiger partial charge in [0.25, 0.3) is 0 Å². The largest absolute Gasteiger partial charge is 0.487 e. The van der Waals surface area contributed by atoms with Crippen LogP contribution in [0.1, 0.15) is 0 Å². The van der Waals surface area contributed by atoms with Crippen LogP contribution < -0.4 is 0 Å². The third-order valence-electron chi connectivity index (χ3n) is 3.52. The maximum absolute atomic E-state index is 10.7. The zero-order valence-corrected chi connectivity index (χ0v) is 14.6. The maximum Gasteiger partial charge on any atom is 0.158 e. The average Bonchev–Trinajstić information content (AvgIpc) is 2.49. The smallest absolute Gasteiger partial charge is 0.158 e. The van der Waals surface area contributed by atoms with Gasteiger partial charge in [0.05, 0.1) is 25.6 Å². The van der Waals surface area contributed by atoms with Gasteiger partial charge in [0.1, 0.15) is 22.3 Å². The molecule has 94 valence electrons. The topological polar surface area (TPSA) is 58.9 Å². The van der Waals surface area contributed by atoms with E-state index < -0.39 is 45.4 Å². The highest BCUT2D eigenvalue weighted by Gasteiger charge is 2.61. The van der Waals surface area contributed by atoms with E-state index in [2.05, 4.69) is 6.58 Å². The molecular formula is C9H22O4Si3. The van der Waals surface area contributed by atoms with Crippen molar-refractivity contribution in [1.29, 1.82) is 0 Å². The molecule has 2 N–H and O–H groups in total. The molecule has 1 rings (SSSR count). The second-order valence-corrected chi connectivity index (χ2v) is 8.68. The first kappa shape index (κ1) is 14.1. The Hall–Kier alpha value is 0.0706. The maximum atomic E-state index is 10.7. The number of hydrogen-bond donors (Lipinski definition) is 2. The first-order chi connectivity index (χ1) is 7.46. The molecule has 1 aliphatic heterocycles. The zero-order valence-electron chi connectivity index (χ0n) is 10.3. The van der Waals surface area contributed by atoms with E-state index in [4.69, 9.17) is 9.16 Å². The molecular weight excluding hydrogens is 256 g/mol. The summed E-state index contributed by atoms with van der Waals surface area (Å²) in [6, 6.07) is 0. The van der Waals surface area contributed by atoms with Crippen molar-refractivity contribution in [3.05, 3.63) is 12.3 Å². The second kappa shape index (κ2) is 5.15. The molecule has 0 radical (unpaired) electrons. The van der Waals surface area contributed by atoms with Crippen molar-refractivity contribution in [3.8, 4) is 0 Å². The van der Waals surface area contributed by atoms with Crippen LogP contribution in [0.3, 0.4) is 0 Å². The van der Waals surface area contributed by atoms with Crippen LogP contribution in [0.4, 0.5) is 0 Å². The Morgan fingerprint density at radius 1 is 1.38 bits per heavy atom. The van der Waals surface area contributed by atoms with Crippen LogP contribution in [0.15, 0.2) is 12.3 Å². The van der Waals surface area contributed by atoms with Gasteiger partial charge < -0.3 is 19.4 Å². The normalized spacial score (nSPS) is 41.1. The Morgan fingerprint density at radius 2 is 2.00 bits per heavy atom. The predicted molar refractivity (Wildman–Crippen MR) is 73.1 cm³/mol. The number of aliphatic hydroxyl groups is 2. The van der Waals surface area contributed by atoms with E-state index in [1.807, 2.05) is 19.6 Å². The van der Waals surface area contributed by atoms with Gasteiger partial charge in [0.15, 0.2) is 9.76 Å². The minimum Gasteiger partial charge on any atom is -0.487 e. The molecule has 0 saturated carbocycles. The zero-order chi connectivity index (χ0) is 12.4. The highest BCUT2D eigenvalue weighted by Crippen LogP contribution is 2.40. The molecule has 1 saturated heterocycles. The number of ether oxygens (including phenoxy) is 1. The van der Waals surface area contributed by atoms with Crippen LogP contribution in [0, 0.1) is 0 Å². The van der Waals surface area contributed by atoms with Gasteiger partial charge in [-0.15, -0.1) is 0 Å². The Labute approximate surface area is 104 Å². The summed E-state index contributed by atoms with van der Waals surface area (Å²) < 4.78 is 11.0. The van der Waals surface area contributed by atoms with E-state index in [9.17, 15) is 10.2 Å². The van der Waals surface area contributed by atoms with E-state index in [-0.39, 0.29) is 0 Å². The third-order valence-corrected chi connectivity index (χ3v) is 8.81. The van der Waals surface area contributed by atoms with Crippen molar-refractivity contribution in [2.45, 2.75) is 36.2 Å². The molecule has 0 aliphatic carbocycles. The second-order valence-electron chi connectivity index (χ2n) is 4.18. The summed E-state index contributed by atoms with van der Waals surface area (Å²) in [5.74, 6) is 0.352. The molecule has 0 aromatic carbocycles. The van der Waals surface area contributed by atoms with E-state index in [1.165, 1.54) is 0 Å². The van der Waals surface area contributed by atoms with Gasteiger partial charge in [-0.2, -0.15) is 0 Å². The average molecular weight is 279 g/mol. The summed E-state index contributed by atoms with van der Waals surface area (Å²) in [4.78, 5) is 0. The summed E-state index contributed by atoms with van der Waals surface area (Å²) in [7, 11) is -2.20. The number of rotatable bonds is 5. The standard InChI is InChI=1S/C9H22O4Si3/c1-6-8(10,14-2)9(11,15-3)7(13-6)5-12-16-4/h7,10-11H,1,5,14-16H2,2-4H3/t7-,8+,9+/m1/s1. The van der Waals surface area contributed by atoms with Crippen LogP contribution in [0.25, 0.3) is 0 Å². The van der Waals surface area contributed by atoms with E-state index >= 15 is 0 Å². The lowest BCUT2D eigenvalue weighted by atomic mass is 10.1. The lowest BCUT2D eigenvalue weighted by Gasteiger charge is -2.36. The fraction of sp³-hybridized carbons (Fsp3) is 0.778. The van der Waals surface area contributed by atoms with Gasteiger partial charge in [0.2, 0.25) is 0 Å². The lowest BCUT2D eigenvalue weighted by Crippen LogP contribution is -2.63. The fourth-order valence-electron chi connectivity index (χ4n) is 2.29. The molecule has 7 heteroatoms. The van der Waals surface area contributed by atoms with E-state index in [0.717, 1.165) is 0 Å². The highest BCUT2D eigenvalue weighted by molar-refractivity contribution is 6.48. The molecule has 4 nitrogen and oxygen atoms in total. The van der Waals surface area contributed by atoms with Gasteiger partial charge in [-0.3, -0.25) is 0 Å². The Morgan fingerprint density at radius 3 is 2.44 bits per heavy atom. The summed E-state index contributed by atoms with van der Waals surface area (Å²) in [6.45, 7) is 10.1. The highest BCUT2D eigenvalue weighted by atomic mass is 28.2. The van der Waals surface area contributed by atoms with Crippen molar-refractivity contribution < 1.29 is 19.4 Å². The Kier molecular flexibility index (Phi) is 4.55. The molecule has 0 spiro atoms. The van der Waals surface area contributed by atoms with Crippen molar-refractivity contribution >= 4 is 28.8 Å². The molecule has 0 unspecified atom stereocenters. The van der Waals surface area contributed by atoms with Crippen molar-refractivity contribution in [3.63, 3.8) is 0 Å². The Bertz CT molecular complexity index is 275. The number of hydrogen-bond acceptors (Lipinski definition) is 4. The molecule has 0 aromatic heterocycles. The van der Waals surface area contributed by atoms with Crippen LogP contribution in [-0.4, -0.2) is 62.2 Å². The van der Waals surface area contributed by atoms with Crippen LogP contribution in [0.2, 0.25) is 19.6 Å². The molecule has 0 amide bonds. The molecule has 0 bridgehead atoms. The lowest BCUT2D eigenvalue weighted by molar-refractivity contribution is -0.0468. The summed E-state index contributed by atoms with van der Waals surface area (Å²) >= 11 is 0. The Balaban J connectivity index is 2.94. The minimum atomic E-state index is -1.16. The van der Waals surface area contributed by atoms with Crippen molar-refractivity contribution in [1.82, 2.24) is 0 Å². The van der Waals surface area contributed by atoms with Gasteiger partial charge >= 0.3 is 0 Å².